The van der Waals surface area contributed by atoms with Crippen LogP contribution in [0.25, 0.3) is 22.2 Å². The molecule has 3 heterocycles. The van der Waals surface area contributed by atoms with Crippen LogP contribution in [0.1, 0.15) is 17.0 Å². The van der Waals surface area contributed by atoms with Crippen molar-refractivity contribution in [2.75, 3.05) is 5.32 Å². The highest BCUT2D eigenvalue weighted by Gasteiger charge is 2.13. The van der Waals surface area contributed by atoms with Crippen molar-refractivity contribution in [2.24, 2.45) is 7.05 Å². The van der Waals surface area contributed by atoms with Crippen LogP contribution in [-0.2, 0) is 13.6 Å². The number of aromatic amines is 1. The zero-order chi connectivity index (χ0) is 17.4. The molecule has 0 aliphatic heterocycles. The molecule has 0 atom stereocenters. The van der Waals surface area contributed by atoms with Gasteiger partial charge < -0.3 is 10.3 Å². The summed E-state index contributed by atoms with van der Waals surface area (Å²) in [5.74, 6) is 0.618. The molecule has 6 heteroatoms. The Morgan fingerprint density at radius 3 is 2.84 bits per heavy atom. The minimum absolute atomic E-state index is 0.618. The molecule has 3 aromatic heterocycles. The van der Waals surface area contributed by atoms with Crippen molar-refractivity contribution in [3.8, 4) is 11.3 Å². The molecule has 0 radical (unpaired) electrons. The van der Waals surface area contributed by atoms with E-state index >= 15 is 0 Å². The van der Waals surface area contributed by atoms with E-state index in [-0.39, 0.29) is 0 Å². The van der Waals surface area contributed by atoms with Crippen molar-refractivity contribution in [3.63, 3.8) is 0 Å². The Morgan fingerprint density at radius 1 is 1.16 bits per heavy atom. The van der Waals surface area contributed by atoms with E-state index < -0.39 is 0 Å². The van der Waals surface area contributed by atoms with Crippen LogP contribution in [0, 0.1) is 13.8 Å². The van der Waals surface area contributed by atoms with Crippen LogP contribution in [-0.4, -0.2) is 24.7 Å². The molecule has 1 aromatic carbocycles. The van der Waals surface area contributed by atoms with Gasteiger partial charge >= 0.3 is 0 Å². The lowest BCUT2D eigenvalue weighted by Gasteiger charge is -2.08. The topological polar surface area (TPSA) is 71.4 Å². The number of hydrogen-bond acceptors (Lipinski definition) is 4. The molecule has 0 saturated carbocycles. The summed E-state index contributed by atoms with van der Waals surface area (Å²) < 4.78 is 1.88. The van der Waals surface area contributed by atoms with Gasteiger partial charge in [0.1, 0.15) is 0 Å². The maximum absolute atomic E-state index is 4.68. The Morgan fingerprint density at radius 2 is 2.04 bits per heavy atom. The predicted octanol–water partition coefficient (Wildman–Crippen LogP) is 3.59. The summed E-state index contributed by atoms with van der Waals surface area (Å²) in [6.45, 7) is 4.73. The van der Waals surface area contributed by atoms with Gasteiger partial charge in [0.05, 0.1) is 11.4 Å². The van der Waals surface area contributed by atoms with Crippen molar-refractivity contribution < 1.29 is 0 Å². The maximum Gasteiger partial charge on any atom is 0.223 e. The Bertz CT molecular complexity index is 1040. The van der Waals surface area contributed by atoms with Crippen LogP contribution in [0.15, 0.2) is 42.7 Å². The molecule has 4 aromatic rings. The average Bonchev–Trinajstić information content (AvgIpc) is 3.18. The first-order valence-electron chi connectivity index (χ1n) is 8.26. The van der Waals surface area contributed by atoms with Gasteiger partial charge in [-0.15, -0.1) is 0 Å². The van der Waals surface area contributed by atoms with Gasteiger partial charge in [-0.1, -0.05) is 12.1 Å². The van der Waals surface area contributed by atoms with E-state index in [1.165, 1.54) is 10.9 Å². The van der Waals surface area contributed by atoms with Gasteiger partial charge in [0, 0.05) is 48.1 Å². The standard InChI is InChI=1S/C19H20N6/c1-12-18(13(2)25(3)24-12)17-8-10-21-19(23-17)22-11-14-5-4-6-16-15(14)7-9-20-16/h4-10,20H,11H2,1-3H3,(H,21,22,23). The molecule has 0 bridgehead atoms. The van der Waals surface area contributed by atoms with Gasteiger partial charge in [-0.25, -0.2) is 9.97 Å². The summed E-state index contributed by atoms with van der Waals surface area (Å²) in [5.41, 5.74) is 6.37. The lowest BCUT2D eigenvalue weighted by Crippen LogP contribution is -2.04. The van der Waals surface area contributed by atoms with Gasteiger partial charge in [0.25, 0.3) is 0 Å². The quantitative estimate of drug-likeness (QED) is 0.599. The van der Waals surface area contributed by atoms with Crippen molar-refractivity contribution in [3.05, 3.63) is 59.7 Å². The zero-order valence-corrected chi connectivity index (χ0v) is 14.5. The number of hydrogen-bond donors (Lipinski definition) is 2. The first-order chi connectivity index (χ1) is 12.1. The first-order valence-corrected chi connectivity index (χ1v) is 8.26. The smallest absolute Gasteiger partial charge is 0.223 e. The number of anilines is 1. The third kappa shape index (κ3) is 2.76. The Kier molecular flexibility index (Phi) is 3.72. The van der Waals surface area contributed by atoms with Gasteiger partial charge in [0.2, 0.25) is 5.95 Å². The van der Waals surface area contributed by atoms with E-state index in [0.29, 0.717) is 12.5 Å². The summed E-state index contributed by atoms with van der Waals surface area (Å²) >= 11 is 0. The van der Waals surface area contributed by atoms with Gasteiger partial charge in [-0.3, -0.25) is 4.68 Å². The van der Waals surface area contributed by atoms with E-state index in [4.69, 9.17) is 0 Å². The SMILES string of the molecule is Cc1nn(C)c(C)c1-c1ccnc(NCc2cccc3[nH]ccc23)n1. The van der Waals surface area contributed by atoms with Crippen LogP contribution in [0.2, 0.25) is 0 Å². The lowest BCUT2D eigenvalue weighted by molar-refractivity contribution is 0.731. The summed E-state index contributed by atoms with van der Waals surface area (Å²) in [4.78, 5) is 12.3. The van der Waals surface area contributed by atoms with Crippen molar-refractivity contribution in [1.29, 1.82) is 0 Å². The van der Waals surface area contributed by atoms with E-state index in [1.54, 1.807) is 6.20 Å². The van der Waals surface area contributed by atoms with Crippen molar-refractivity contribution in [1.82, 2.24) is 24.7 Å². The molecular formula is C19H20N6. The average molecular weight is 332 g/mol. The molecule has 6 nitrogen and oxygen atoms in total. The third-order valence-corrected chi connectivity index (χ3v) is 4.54. The Balaban J connectivity index is 1.61. The molecule has 0 spiro atoms. The van der Waals surface area contributed by atoms with E-state index in [9.17, 15) is 0 Å². The number of H-pyrrole nitrogens is 1. The number of rotatable bonds is 4. The molecule has 0 aliphatic carbocycles. The highest BCUT2D eigenvalue weighted by molar-refractivity contribution is 5.83. The lowest BCUT2D eigenvalue weighted by atomic mass is 10.1. The van der Waals surface area contributed by atoms with Gasteiger partial charge in [0.15, 0.2) is 0 Å². The molecule has 0 fully saturated rings. The van der Waals surface area contributed by atoms with Crippen molar-refractivity contribution >= 4 is 16.9 Å². The van der Waals surface area contributed by atoms with Crippen LogP contribution in [0.5, 0.6) is 0 Å². The van der Waals surface area contributed by atoms with Crippen LogP contribution >= 0.6 is 0 Å². The van der Waals surface area contributed by atoms with Crippen LogP contribution < -0.4 is 5.32 Å². The van der Waals surface area contributed by atoms with Crippen LogP contribution in [0.3, 0.4) is 0 Å². The van der Waals surface area contributed by atoms with E-state index in [0.717, 1.165) is 28.2 Å². The second-order valence-corrected chi connectivity index (χ2v) is 6.14. The molecule has 126 valence electrons. The minimum Gasteiger partial charge on any atom is -0.361 e. The molecule has 0 unspecified atom stereocenters. The summed E-state index contributed by atoms with van der Waals surface area (Å²) in [7, 11) is 1.95. The second-order valence-electron chi connectivity index (χ2n) is 6.14. The highest BCUT2D eigenvalue weighted by atomic mass is 15.3. The molecule has 2 N–H and O–H groups in total. The fourth-order valence-electron chi connectivity index (χ4n) is 3.21. The van der Waals surface area contributed by atoms with Gasteiger partial charge in [-0.05, 0) is 37.6 Å². The minimum atomic E-state index is 0.618. The third-order valence-electron chi connectivity index (χ3n) is 4.54. The summed E-state index contributed by atoms with van der Waals surface area (Å²) in [6, 6.07) is 10.3. The number of nitrogens with one attached hydrogen (secondary N) is 2. The zero-order valence-electron chi connectivity index (χ0n) is 14.5. The molecule has 4 rings (SSSR count). The van der Waals surface area contributed by atoms with Crippen LogP contribution in [0.4, 0.5) is 5.95 Å². The largest absolute Gasteiger partial charge is 0.361 e. The maximum atomic E-state index is 4.68. The fourth-order valence-corrected chi connectivity index (χ4v) is 3.21. The number of nitrogens with zero attached hydrogens (tertiary/aromatic N) is 4. The summed E-state index contributed by atoms with van der Waals surface area (Å²) in [5, 5.41) is 9.02. The number of aryl methyl sites for hydroxylation is 2. The van der Waals surface area contributed by atoms with Crippen molar-refractivity contribution in [2.45, 2.75) is 20.4 Å². The van der Waals surface area contributed by atoms with E-state index in [2.05, 4.69) is 56.6 Å². The molecule has 0 aliphatic rings. The van der Waals surface area contributed by atoms with E-state index in [1.807, 2.05) is 30.9 Å². The number of fused-ring (bicyclic) bond motifs is 1. The number of aromatic nitrogens is 5. The highest BCUT2D eigenvalue weighted by Crippen LogP contribution is 2.25. The second kappa shape index (κ2) is 6.05. The molecule has 0 saturated heterocycles. The Hall–Kier alpha value is -3.15. The molecule has 25 heavy (non-hydrogen) atoms. The fraction of sp³-hybridized carbons (Fsp3) is 0.211. The first kappa shape index (κ1) is 15.4. The van der Waals surface area contributed by atoms with Gasteiger partial charge in [-0.2, -0.15) is 5.10 Å². The predicted molar refractivity (Wildman–Crippen MR) is 99.3 cm³/mol. The summed E-state index contributed by atoms with van der Waals surface area (Å²) in [6.07, 6.45) is 3.74. The molecule has 0 amide bonds. The monoisotopic (exact) mass is 332 g/mol. The normalized spacial score (nSPS) is 11.2. The number of benzene rings is 1. The Labute approximate surface area is 145 Å². The molecular weight excluding hydrogens is 312 g/mol.